The van der Waals surface area contributed by atoms with Crippen molar-refractivity contribution in [2.24, 2.45) is 5.10 Å². The molecule has 82 valence electrons. The van der Waals surface area contributed by atoms with Gasteiger partial charge in [0.25, 0.3) is 0 Å². The fraction of sp³-hybridized carbons (Fsp3) is 0.417. The zero-order valence-electron chi connectivity index (χ0n) is 9.53. The number of benzene rings is 1. The second-order valence-electron chi connectivity index (χ2n) is 3.33. The van der Waals surface area contributed by atoms with E-state index >= 15 is 0 Å². The molecular formula is C12H18N2O. The molecule has 0 amide bonds. The molecule has 0 bridgehead atoms. The summed E-state index contributed by atoms with van der Waals surface area (Å²) in [6.45, 7) is 6.50. The molecule has 0 saturated carbocycles. The Hall–Kier alpha value is -1.51. The van der Waals surface area contributed by atoms with Gasteiger partial charge in [0.1, 0.15) is 0 Å². The number of ether oxygens (including phenoxy) is 1. The molecule has 0 aliphatic rings. The normalized spacial score (nSPS) is 13.4. The SMILES string of the molecule is CCO/C(C)=N/NC(C)c1ccccc1. The van der Waals surface area contributed by atoms with Gasteiger partial charge in [-0.2, -0.15) is 0 Å². The van der Waals surface area contributed by atoms with Crippen LogP contribution < -0.4 is 5.43 Å². The summed E-state index contributed by atoms with van der Waals surface area (Å²) in [5.41, 5.74) is 4.26. The predicted octanol–water partition coefficient (Wildman–Crippen LogP) is 2.71. The molecule has 1 N–H and O–H groups in total. The van der Waals surface area contributed by atoms with Crippen molar-refractivity contribution in [1.82, 2.24) is 5.43 Å². The van der Waals surface area contributed by atoms with Crippen molar-refractivity contribution in [3.8, 4) is 0 Å². The van der Waals surface area contributed by atoms with E-state index in [-0.39, 0.29) is 6.04 Å². The third-order valence-corrected chi connectivity index (χ3v) is 2.07. The third-order valence-electron chi connectivity index (χ3n) is 2.07. The van der Waals surface area contributed by atoms with E-state index in [0.717, 1.165) is 0 Å². The highest BCUT2D eigenvalue weighted by atomic mass is 16.5. The molecule has 1 aromatic carbocycles. The minimum atomic E-state index is 0.196. The number of rotatable bonds is 4. The number of hydrazone groups is 1. The molecule has 0 radical (unpaired) electrons. The number of hydrogen-bond donors (Lipinski definition) is 1. The summed E-state index contributed by atoms with van der Waals surface area (Å²) in [4.78, 5) is 0. The van der Waals surface area contributed by atoms with Crippen LogP contribution in [-0.4, -0.2) is 12.5 Å². The van der Waals surface area contributed by atoms with Gasteiger partial charge < -0.3 is 4.74 Å². The molecule has 0 saturated heterocycles. The Bertz CT molecular complexity index is 309. The number of hydrogen-bond acceptors (Lipinski definition) is 3. The first-order valence-electron chi connectivity index (χ1n) is 5.21. The van der Waals surface area contributed by atoms with Gasteiger partial charge in [0.15, 0.2) is 0 Å². The molecule has 0 aliphatic carbocycles. The van der Waals surface area contributed by atoms with Gasteiger partial charge in [-0.15, -0.1) is 5.10 Å². The van der Waals surface area contributed by atoms with E-state index in [2.05, 4.69) is 29.6 Å². The fourth-order valence-electron chi connectivity index (χ4n) is 1.25. The van der Waals surface area contributed by atoms with Crippen molar-refractivity contribution in [2.45, 2.75) is 26.8 Å². The van der Waals surface area contributed by atoms with Gasteiger partial charge in [-0.05, 0) is 19.4 Å². The Morgan fingerprint density at radius 2 is 2.07 bits per heavy atom. The Morgan fingerprint density at radius 3 is 2.67 bits per heavy atom. The lowest BCUT2D eigenvalue weighted by molar-refractivity contribution is 0.319. The van der Waals surface area contributed by atoms with E-state index in [0.29, 0.717) is 12.5 Å². The van der Waals surface area contributed by atoms with Crippen LogP contribution in [0, 0.1) is 0 Å². The largest absolute Gasteiger partial charge is 0.480 e. The van der Waals surface area contributed by atoms with Crippen LogP contribution in [0.3, 0.4) is 0 Å². The summed E-state index contributed by atoms with van der Waals surface area (Å²) in [7, 11) is 0. The van der Waals surface area contributed by atoms with Crippen molar-refractivity contribution in [2.75, 3.05) is 6.61 Å². The lowest BCUT2D eigenvalue weighted by atomic mass is 10.1. The van der Waals surface area contributed by atoms with Gasteiger partial charge in [-0.1, -0.05) is 30.3 Å². The maximum Gasteiger partial charge on any atom is 0.202 e. The van der Waals surface area contributed by atoms with Crippen LogP contribution in [0.4, 0.5) is 0 Å². The summed E-state index contributed by atoms with van der Waals surface area (Å²) in [5.74, 6) is 0.667. The molecule has 0 aromatic heterocycles. The molecular weight excluding hydrogens is 188 g/mol. The molecule has 1 atom stereocenters. The molecule has 3 nitrogen and oxygen atoms in total. The molecule has 0 aliphatic heterocycles. The average Bonchev–Trinajstić information content (AvgIpc) is 2.27. The van der Waals surface area contributed by atoms with Gasteiger partial charge in [-0.3, -0.25) is 5.43 Å². The summed E-state index contributed by atoms with van der Waals surface area (Å²) >= 11 is 0. The van der Waals surface area contributed by atoms with Crippen molar-refractivity contribution in [3.63, 3.8) is 0 Å². The highest BCUT2D eigenvalue weighted by Crippen LogP contribution is 2.10. The van der Waals surface area contributed by atoms with Crippen molar-refractivity contribution < 1.29 is 4.74 Å². The zero-order valence-corrected chi connectivity index (χ0v) is 9.53. The molecule has 15 heavy (non-hydrogen) atoms. The molecule has 1 rings (SSSR count). The van der Waals surface area contributed by atoms with Gasteiger partial charge in [0.05, 0.1) is 12.6 Å². The summed E-state index contributed by atoms with van der Waals surface area (Å²) in [6.07, 6.45) is 0. The Balaban J connectivity index is 2.49. The number of nitrogens with one attached hydrogen (secondary N) is 1. The van der Waals surface area contributed by atoms with Gasteiger partial charge in [-0.25, -0.2) is 0 Å². The molecule has 0 heterocycles. The highest BCUT2D eigenvalue weighted by Gasteiger charge is 2.01. The summed E-state index contributed by atoms with van der Waals surface area (Å²) in [6, 6.07) is 10.4. The van der Waals surface area contributed by atoms with E-state index in [4.69, 9.17) is 4.74 Å². The molecule has 0 spiro atoms. The maximum absolute atomic E-state index is 5.22. The first kappa shape index (κ1) is 11.6. The van der Waals surface area contributed by atoms with Gasteiger partial charge in [0.2, 0.25) is 5.90 Å². The van der Waals surface area contributed by atoms with Crippen LogP contribution >= 0.6 is 0 Å². The van der Waals surface area contributed by atoms with Crippen molar-refractivity contribution >= 4 is 5.90 Å². The smallest absolute Gasteiger partial charge is 0.202 e. The van der Waals surface area contributed by atoms with Crippen molar-refractivity contribution in [3.05, 3.63) is 35.9 Å². The standard InChI is InChI=1S/C12H18N2O/c1-4-15-11(3)14-13-10(2)12-8-6-5-7-9-12/h5-10,13H,4H2,1-3H3/b14-11+. The quantitative estimate of drug-likeness (QED) is 0.467. The van der Waals surface area contributed by atoms with Crippen molar-refractivity contribution in [1.29, 1.82) is 0 Å². The van der Waals surface area contributed by atoms with E-state index < -0.39 is 0 Å². The van der Waals surface area contributed by atoms with Gasteiger partial charge >= 0.3 is 0 Å². The zero-order chi connectivity index (χ0) is 11.1. The maximum atomic E-state index is 5.22. The molecule has 3 heteroatoms. The first-order valence-corrected chi connectivity index (χ1v) is 5.21. The second-order valence-corrected chi connectivity index (χ2v) is 3.33. The minimum absolute atomic E-state index is 0.196. The lowest BCUT2D eigenvalue weighted by Crippen LogP contribution is -2.15. The monoisotopic (exact) mass is 206 g/mol. The Labute approximate surface area is 91.1 Å². The topological polar surface area (TPSA) is 33.6 Å². The first-order chi connectivity index (χ1) is 7.24. The van der Waals surface area contributed by atoms with E-state index in [1.165, 1.54) is 5.56 Å². The van der Waals surface area contributed by atoms with E-state index in [1.807, 2.05) is 32.0 Å². The van der Waals surface area contributed by atoms with Gasteiger partial charge in [0, 0.05) is 6.92 Å². The van der Waals surface area contributed by atoms with E-state index in [1.54, 1.807) is 0 Å². The number of nitrogens with zero attached hydrogens (tertiary/aromatic N) is 1. The van der Waals surface area contributed by atoms with Crippen LogP contribution in [0.15, 0.2) is 35.4 Å². The molecule has 1 unspecified atom stereocenters. The van der Waals surface area contributed by atoms with E-state index in [9.17, 15) is 0 Å². The lowest BCUT2D eigenvalue weighted by Gasteiger charge is -2.11. The van der Waals surface area contributed by atoms with Crippen LogP contribution in [0.25, 0.3) is 0 Å². The van der Waals surface area contributed by atoms with Crippen LogP contribution in [0.5, 0.6) is 0 Å². The fourth-order valence-corrected chi connectivity index (χ4v) is 1.25. The molecule has 0 fully saturated rings. The predicted molar refractivity (Wildman–Crippen MR) is 62.7 cm³/mol. The highest BCUT2D eigenvalue weighted by molar-refractivity contribution is 5.72. The Kier molecular flexibility index (Phi) is 4.68. The minimum Gasteiger partial charge on any atom is -0.480 e. The summed E-state index contributed by atoms with van der Waals surface area (Å²) < 4.78 is 5.22. The molecule has 1 aromatic rings. The average molecular weight is 206 g/mol. The van der Waals surface area contributed by atoms with Crippen LogP contribution in [-0.2, 0) is 4.74 Å². The Morgan fingerprint density at radius 1 is 1.40 bits per heavy atom. The third kappa shape index (κ3) is 4.02. The van der Waals surface area contributed by atoms with Crippen LogP contribution in [0.1, 0.15) is 32.4 Å². The summed E-state index contributed by atoms with van der Waals surface area (Å²) in [5, 5.41) is 4.13. The van der Waals surface area contributed by atoms with Crippen LogP contribution in [0.2, 0.25) is 0 Å². The second kappa shape index (κ2) is 6.06.